The zero-order chi connectivity index (χ0) is 42.7. The maximum atomic E-state index is 14.3. The Labute approximate surface area is 354 Å². The van der Waals surface area contributed by atoms with Crippen molar-refractivity contribution in [1.29, 1.82) is 0 Å². The molecule has 320 valence electrons. The molecule has 0 aliphatic carbocycles. The summed E-state index contributed by atoms with van der Waals surface area (Å²) in [6.07, 6.45) is 6.96. The lowest BCUT2D eigenvalue weighted by atomic mass is 9.83. The number of cyclic esters (lactones) is 1. The van der Waals surface area contributed by atoms with Crippen LogP contribution < -0.4 is 21.4 Å². The summed E-state index contributed by atoms with van der Waals surface area (Å²) in [5.41, 5.74) is 13.3. The van der Waals surface area contributed by atoms with E-state index in [1.165, 1.54) is 10.6 Å². The van der Waals surface area contributed by atoms with Crippen molar-refractivity contribution in [1.82, 2.24) is 35.9 Å². The molecule has 2 amide bonds. The van der Waals surface area contributed by atoms with E-state index < -0.39 is 29.5 Å². The highest BCUT2D eigenvalue weighted by atomic mass is 16.5. The zero-order valence-electron chi connectivity index (χ0n) is 36.6. The monoisotopic (exact) mass is 817 g/mol. The van der Waals surface area contributed by atoms with E-state index in [0.29, 0.717) is 25.8 Å². The molecule has 2 aromatic carbocycles. The molecule has 1 unspecified atom stereocenters. The number of esters is 1. The number of amides is 2. The van der Waals surface area contributed by atoms with E-state index in [1.54, 1.807) is 14.2 Å². The lowest BCUT2D eigenvalue weighted by molar-refractivity contribution is -0.155. The van der Waals surface area contributed by atoms with Crippen molar-refractivity contribution in [3.8, 4) is 22.4 Å². The highest BCUT2D eigenvalue weighted by Gasteiger charge is 2.36. The summed E-state index contributed by atoms with van der Waals surface area (Å²) in [5, 5.41) is 12.2. The van der Waals surface area contributed by atoms with Gasteiger partial charge in [0.15, 0.2) is 0 Å². The third-order valence-electron chi connectivity index (χ3n) is 12.4. The first-order chi connectivity index (χ1) is 28.8. The van der Waals surface area contributed by atoms with Crippen LogP contribution in [0, 0.1) is 11.3 Å². The van der Waals surface area contributed by atoms with Gasteiger partial charge in [-0.2, -0.15) is 0 Å². The van der Waals surface area contributed by atoms with Gasteiger partial charge in [-0.1, -0.05) is 64.1 Å². The van der Waals surface area contributed by atoms with Gasteiger partial charge in [-0.25, -0.2) is 5.43 Å². The quantitative estimate of drug-likeness (QED) is 0.142. The number of hydrogen-bond acceptors (Lipinski definition) is 9. The minimum Gasteiger partial charge on any atom is -0.464 e. The number of benzene rings is 2. The van der Waals surface area contributed by atoms with Crippen LogP contribution in [0.2, 0.25) is 0 Å². The summed E-state index contributed by atoms with van der Waals surface area (Å²) in [7, 11) is 3.48. The van der Waals surface area contributed by atoms with Crippen LogP contribution in [0.1, 0.15) is 89.3 Å². The molecule has 4 N–H and O–H groups in total. The van der Waals surface area contributed by atoms with Crippen LogP contribution in [0.4, 0.5) is 0 Å². The number of aromatic nitrogens is 2. The molecule has 3 aliphatic rings. The molecule has 5 heterocycles. The molecule has 1 fully saturated rings. The van der Waals surface area contributed by atoms with E-state index in [9.17, 15) is 14.4 Å². The lowest BCUT2D eigenvalue weighted by Crippen LogP contribution is -2.61. The van der Waals surface area contributed by atoms with Gasteiger partial charge in [0.2, 0.25) is 5.91 Å². The summed E-state index contributed by atoms with van der Waals surface area (Å²) in [5.74, 6) is -0.922. The molecule has 12 heteroatoms. The predicted octanol–water partition coefficient (Wildman–Crippen LogP) is 6.37. The first-order valence-corrected chi connectivity index (χ1v) is 21.7. The summed E-state index contributed by atoms with van der Waals surface area (Å²) in [4.78, 5) is 47.0. The van der Waals surface area contributed by atoms with Gasteiger partial charge in [-0.15, -0.1) is 0 Å². The van der Waals surface area contributed by atoms with Gasteiger partial charge >= 0.3 is 5.97 Å². The van der Waals surface area contributed by atoms with Gasteiger partial charge in [0.1, 0.15) is 12.1 Å². The lowest BCUT2D eigenvalue weighted by Gasteiger charge is -2.36. The first-order valence-electron chi connectivity index (χ1n) is 21.7. The molecule has 2 aromatic heterocycles. The number of carbonyl (C=O) groups is 3. The Hall–Kier alpha value is -4.88. The molecular formula is C48H63N7O5. The number of likely N-dealkylation sites (N-methyl/N-ethyl adjacent to an activating group) is 1. The van der Waals surface area contributed by atoms with E-state index >= 15 is 0 Å². The summed E-state index contributed by atoms with van der Waals surface area (Å²) < 4.78 is 14.5. The van der Waals surface area contributed by atoms with Crippen LogP contribution in [-0.2, 0) is 43.2 Å². The zero-order valence-corrected chi connectivity index (χ0v) is 36.6. The van der Waals surface area contributed by atoms with Crippen molar-refractivity contribution in [3.05, 3.63) is 83.2 Å². The molecule has 0 radical (unpaired) electrons. The number of pyridine rings is 1. The van der Waals surface area contributed by atoms with Gasteiger partial charge in [-0.3, -0.25) is 24.4 Å². The maximum absolute atomic E-state index is 14.3. The normalized spacial score (nSPS) is 20.9. The average Bonchev–Trinajstić information content (AvgIpc) is 3.56. The van der Waals surface area contributed by atoms with Crippen LogP contribution in [-0.4, -0.2) is 90.9 Å². The molecule has 60 heavy (non-hydrogen) atoms. The molecular weight excluding hydrogens is 755 g/mol. The van der Waals surface area contributed by atoms with Crippen LogP contribution in [0.15, 0.2) is 60.8 Å². The van der Waals surface area contributed by atoms with Crippen molar-refractivity contribution in [2.24, 2.45) is 11.3 Å². The molecule has 7 rings (SSSR count). The predicted molar refractivity (Wildman–Crippen MR) is 237 cm³/mol. The second kappa shape index (κ2) is 18.4. The maximum Gasteiger partial charge on any atom is 0.324 e. The molecule has 12 nitrogen and oxygen atoms in total. The molecule has 6 bridgehead atoms. The number of aryl methyl sites for hydroxylation is 1. The molecule has 0 spiro atoms. The number of nitrogens with zero attached hydrogens (tertiary/aromatic N) is 3. The van der Waals surface area contributed by atoms with Crippen molar-refractivity contribution in [2.45, 2.75) is 104 Å². The van der Waals surface area contributed by atoms with E-state index in [2.05, 4.69) is 89.2 Å². The van der Waals surface area contributed by atoms with Crippen LogP contribution >= 0.6 is 0 Å². The fourth-order valence-electron chi connectivity index (χ4n) is 9.12. The number of methoxy groups -OCH3 is 1. The Morgan fingerprint density at radius 2 is 1.88 bits per heavy atom. The van der Waals surface area contributed by atoms with Crippen molar-refractivity contribution < 1.29 is 23.9 Å². The van der Waals surface area contributed by atoms with Crippen molar-refractivity contribution in [2.75, 3.05) is 40.4 Å². The number of rotatable bonds is 9. The third kappa shape index (κ3) is 9.07. The average molecular weight is 818 g/mol. The third-order valence-corrected chi connectivity index (χ3v) is 12.4. The van der Waals surface area contributed by atoms with Gasteiger partial charge < -0.3 is 30.0 Å². The number of hydrogen-bond donors (Lipinski definition) is 4. The van der Waals surface area contributed by atoms with E-state index in [4.69, 9.17) is 14.5 Å². The van der Waals surface area contributed by atoms with E-state index in [1.807, 2.05) is 39.1 Å². The van der Waals surface area contributed by atoms with Crippen molar-refractivity contribution in [3.63, 3.8) is 0 Å². The van der Waals surface area contributed by atoms with Gasteiger partial charge in [0, 0.05) is 61.2 Å². The van der Waals surface area contributed by atoms with Crippen LogP contribution in [0.25, 0.3) is 38.9 Å². The number of hydrazine groups is 1. The number of carbonyl (C=O) groups excluding carboxylic acids is 3. The fraction of sp³-hybridized carbons (Fsp3) is 0.500. The van der Waals surface area contributed by atoms with Crippen molar-refractivity contribution >= 4 is 34.3 Å². The highest BCUT2D eigenvalue weighted by molar-refractivity contribution is 5.96. The highest BCUT2D eigenvalue weighted by Crippen LogP contribution is 2.43. The summed E-state index contributed by atoms with van der Waals surface area (Å²) in [6.45, 7) is 15.5. The standard InChI is InChI=1S/C48H63N7O5/c1-9-54-41-16-15-34-24-36(41)38(44(54)37-25-35(32-17-19-50-20-18-32)27-51-43(37)30(4)59-8)26-48(5,6)28-60-47(58)39-14-11-21-55(53-39)46(57)40(23-31-12-10-13-33(34)22-31)52-45(56)42(49-7)29(2)3/h10,12-13,15-17,22,24-25,27,29-30,39-40,42,49-50,53H,9,11,14,18-21,23,26,28H2,1-8H3,(H,52,56)/t30-,39-,40-,42?/m0/s1. The summed E-state index contributed by atoms with van der Waals surface area (Å²) >= 11 is 0. The van der Waals surface area contributed by atoms with Crippen LogP contribution in [0.5, 0.6) is 0 Å². The Bertz CT molecular complexity index is 2260. The second-order valence-electron chi connectivity index (χ2n) is 17.8. The second-order valence-corrected chi connectivity index (χ2v) is 17.8. The summed E-state index contributed by atoms with van der Waals surface area (Å²) in [6, 6.07) is 15.2. The van der Waals surface area contributed by atoms with Gasteiger partial charge in [-0.05, 0) is 111 Å². The molecule has 3 aliphatic heterocycles. The number of ether oxygens (including phenoxy) is 2. The minimum atomic E-state index is -0.869. The fourth-order valence-corrected chi connectivity index (χ4v) is 9.12. The first kappa shape index (κ1) is 43.2. The Morgan fingerprint density at radius 1 is 1.08 bits per heavy atom. The molecule has 0 saturated carbocycles. The number of nitrogens with one attached hydrogen (secondary N) is 4. The topological polar surface area (TPSA) is 139 Å². The van der Waals surface area contributed by atoms with E-state index in [0.717, 1.165) is 81.7 Å². The molecule has 4 atom stereocenters. The smallest absolute Gasteiger partial charge is 0.324 e. The molecule has 4 aromatic rings. The van der Waals surface area contributed by atoms with Crippen LogP contribution in [0.3, 0.4) is 0 Å². The van der Waals surface area contributed by atoms with Gasteiger partial charge in [0.25, 0.3) is 5.91 Å². The largest absolute Gasteiger partial charge is 0.464 e. The Kier molecular flexibility index (Phi) is 13.2. The molecule has 1 saturated heterocycles. The number of fused-ring (bicyclic) bond motifs is 6. The Morgan fingerprint density at radius 3 is 2.60 bits per heavy atom. The SMILES string of the molecule is CCn1c(-c2cc(C3=CCNCC3)cnc2[C@H](C)OC)c2c3cc(ccc31)-c1cccc(c1)C[C@H](NC(=O)C(NC)C(C)C)C(=O)N1CCC[C@H](N1)C(=O)OCC(C)(C)C2. The van der Waals surface area contributed by atoms with Gasteiger partial charge in [0.05, 0.1) is 30.1 Å². The Balaban J connectivity index is 1.40. The minimum absolute atomic E-state index is 0.00839. The van der Waals surface area contributed by atoms with E-state index in [-0.39, 0.29) is 36.9 Å².